The van der Waals surface area contributed by atoms with Crippen LogP contribution in [-0.4, -0.2) is 35.6 Å². The number of carbonyl (C=O) groups excluding carboxylic acids is 1. The van der Waals surface area contributed by atoms with E-state index >= 15 is 0 Å². The van der Waals surface area contributed by atoms with E-state index in [1.54, 1.807) is 32.1 Å². The fourth-order valence-electron chi connectivity index (χ4n) is 5.25. The molecule has 7 nitrogen and oxygen atoms in total. The minimum atomic E-state index is -3.27. The number of hydrogen-bond acceptors (Lipinski definition) is 5. The zero-order chi connectivity index (χ0) is 25.6. The first-order chi connectivity index (χ1) is 16.3. The maximum atomic E-state index is 12.9. The summed E-state index contributed by atoms with van der Waals surface area (Å²) in [6, 6.07) is 5.48. The number of sulfone groups is 1. The molecular weight excluding hydrogens is 462 g/mol. The molecule has 1 saturated heterocycles. The summed E-state index contributed by atoms with van der Waals surface area (Å²) in [5.74, 6) is -0.129. The number of aliphatic imine (C=N–C) groups is 1. The smallest absolute Gasteiger partial charge is 0.293 e. The summed E-state index contributed by atoms with van der Waals surface area (Å²) in [4.78, 5) is 20.3. The zero-order valence-corrected chi connectivity index (χ0v) is 21.6. The molecule has 1 aromatic carbocycles. The summed E-state index contributed by atoms with van der Waals surface area (Å²) in [7, 11) is -3.27. The quantitative estimate of drug-likeness (QED) is 0.574. The molecule has 1 amide bonds. The van der Waals surface area contributed by atoms with Crippen molar-refractivity contribution in [1.29, 1.82) is 0 Å². The van der Waals surface area contributed by atoms with E-state index in [2.05, 4.69) is 35.1 Å². The summed E-state index contributed by atoms with van der Waals surface area (Å²) in [6.07, 6.45) is 7.16. The van der Waals surface area contributed by atoms with E-state index in [1.165, 1.54) is 0 Å². The van der Waals surface area contributed by atoms with E-state index in [0.29, 0.717) is 23.4 Å². The average Bonchev–Trinajstić information content (AvgIpc) is 3.28. The van der Waals surface area contributed by atoms with E-state index in [0.717, 1.165) is 30.4 Å². The van der Waals surface area contributed by atoms with Gasteiger partial charge in [-0.3, -0.25) is 4.79 Å². The van der Waals surface area contributed by atoms with Gasteiger partial charge in [-0.05, 0) is 74.6 Å². The van der Waals surface area contributed by atoms with Crippen molar-refractivity contribution in [3.63, 3.8) is 0 Å². The lowest BCUT2D eigenvalue weighted by Crippen LogP contribution is -2.45. The molecule has 2 aliphatic heterocycles. The fraction of sp³-hybridized carbons (Fsp3) is 0.519. The Morgan fingerprint density at radius 1 is 1.20 bits per heavy atom. The first-order valence-corrected chi connectivity index (χ1v) is 13.7. The van der Waals surface area contributed by atoms with E-state index < -0.39 is 25.9 Å². The van der Waals surface area contributed by atoms with Crippen LogP contribution in [0.4, 0.5) is 5.69 Å². The maximum absolute atomic E-state index is 12.9. The van der Waals surface area contributed by atoms with Crippen LogP contribution in [0.3, 0.4) is 0 Å². The molecule has 0 spiro atoms. The molecule has 4 rings (SSSR count). The molecule has 1 aromatic rings. The number of anilines is 1. The van der Waals surface area contributed by atoms with Crippen molar-refractivity contribution in [1.82, 2.24) is 0 Å². The van der Waals surface area contributed by atoms with E-state index in [1.807, 2.05) is 6.07 Å². The molecule has 2 atom stereocenters. The van der Waals surface area contributed by atoms with E-state index in [4.69, 9.17) is 6.57 Å². The molecule has 2 N–H and O–H groups in total. The number of carbonyl (C=O) groups is 1. The van der Waals surface area contributed by atoms with Crippen molar-refractivity contribution < 1.29 is 18.3 Å². The summed E-state index contributed by atoms with van der Waals surface area (Å²) in [5, 5.41) is 13.3. The number of amides is 1. The Bertz CT molecular complexity index is 1280. The monoisotopic (exact) mass is 495 g/mol. The van der Waals surface area contributed by atoms with Gasteiger partial charge < -0.3 is 15.3 Å². The van der Waals surface area contributed by atoms with Crippen molar-refractivity contribution in [2.24, 2.45) is 10.4 Å². The number of nitrogens with one attached hydrogen (secondary N) is 1. The Morgan fingerprint density at radius 2 is 1.89 bits per heavy atom. The molecule has 0 bridgehead atoms. The predicted molar refractivity (Wildman–Crippen MR) is 138 cm³/mol. The van der Waals surface area contributed by atoms with Crippen LogP contribution in [0.25, 0.3) is 10.4 Å². The van der Waals surface area contributed by atoms with Crippen LogP contribution in [0.2, 0.25) is 0 Å². The lowest BCUT2D eigenvalue weighted by atomic mass is 9.76. The van der Waals surface area contributed by atoms with Crippen LogP contribution in [-0.2, 0) is 20.2 Å². The first kappa shape index (κ1) is 25.3. The molecule has 0 saturated carbocycles. The first-order valence-electron chi connectivity index (χ1n) is 12.1. The lowest BCUT2D eigenvalue weighted by molar-refractivity contribution is -0.110. The number of benzene rings is 1. The highest BCUT2D eigenvalue weighted by molar-refractivity contribution is 7.92. The van der Waals surface area contributed by atoms with Gasteiger partial charge in [0.1, 0.15) is 0 Å². The lowest BCUT2D eigenvalue weighted by Gasteiger charge is -2.39. The van der Waals surface area contributed by atoms with Crippen LogP contribution in [0.5, 0.6) is 0 Å². The second kappa shape index (κ2) is 9.03. The largest absolute Gasteiger partial charge is 0.385 e. The molecule has 1 fully saturated rings. The molecule has 186 valence electrons. The molecule has 35 heavy (non-hydrogen) atoms. The normalized spacial score (nSPS) is 29.4. The van der Waals surface area contributed by atoms with E-state index in [-0.39, 0.29) is 30.0 Å². The number of hydrogen-bond donors (Lipinski definition) is 2. The van der Waals surface area contributed by atoms with Crippen LogP contribution < -0.4 is 5.32 Å². The Kier molecular flexibility index (Phi) is 6.54. The second-order valence-corrected chi connectivity index (χ2v) is 13.7. The highest BCUT2D eigenvalue weighted by atomic mass is 32.2. The highest BCUT2D eigenvalue weighted by Gasteiger charge is 2.46. The van der Waals surface area contributed by atoms with Crippen LogP contribution >= 0.6 is 0 Å². The maximum Gasteiger partial charge on any atom is 0.293 e. The molecule has 3 aliphatic rings. The molecule has 2 heterocycles. The van der Waals surface area contributed by atoms with Crippen LogP contribution in [0.1, 0.15) is 77.3 Å². The predicted octanol–water partition coefficient (Wildman–Crippen LogP) is 5.00. The number of nitrogens with zero attached hydrogens (tertiary/aromatic N) is 2. The molecule has 0 aromatic heterocycles. The standard InChI is InChI=1S/C27H33N3O4S/c1-17-15-27(32,16-18(2)35(17,33)34)20-6-7-22(30-25(31)23-8-9-24(28-5)29-23)21(14-20)19-10-12-26(3,4)13-11-19/h6-7,9-10,14,17-18,32H,8,11-13,15-16H2,1-4H3,(H,30,31). The third kappa shape index (κ3) is 4.98. The van der Waals surface area contributed by atoms with Gasteiger partial charge >= 0.3 is 0 Å². The number of aliphatic hydroxyl groups is 1. The van der Waals surface area contributed by atoms with Crippen LogP contribution in [0, 0.1) is 12.0 Å². The van der Waals surface area contributed by atoms with Crippen molar-refractivity contribution in [2.75, 3.05) is 5.32 Å². The van der Waals surface area contributed by atoms with Gasteiger partial charge in [0.2, 0.25) is 0 Å². The third-order valence-corrected chi connectivity index (χ3v) is 10.2. The Morgan fingerprint density at radius 3 is 2.46 bits per heavy atom. The molecule has 2 unspecified atom stereocenters. The SMILES string of the molecule is [C-]#[N+]C1=CCC(C(=O)Nc2ccc(C3(O)CC(C)S(=O)(=O)C(C)C3)cc2C2=CCC(C)(C)CC2)=N1. The van der Waals surface area contributed by atoms with Gasteiger partial charge in [0.25, 0.3) is 11.7 Å². The van der Waals surface area contributed by atoms with Crippen molar-refractivity contribution >= 4 is 32.7 Å². The molecular formula is C27H33N3O4S. The van der Waals surface area contributed by atoms with Crippen molar-refractivity contribution in [2.45, 2.75) is 82.3 Å². The Hall–Kier alpha value is -2.76. The van der Waals surface area contributed by atoms with Gasteiger partial charge in [0.05, 0.1) is 16.1 Å². The Balaban J connectivity index is 1.71. The van der Waals surface area contributed by atoms with Crippen molar-refractivity contribution in [3.8, 4) is 0 Å². The summed E-state index contributed by atoms with van der Waals surface area (Å²) < 4.78 is 25.1. The van der Waals surface area contributed by atoms with Gasteiger partial charge in [-0.15, -0.1) is 4.99 Å². The minimum Gasteiger partial charge on any atom is -0.385 e. The average molecular weight is 496 g/mol. The molecule has 1 aliphatic carbocycles. The van der Waals surface area contributed by atoms with Gasteiger partial charge in [-0.1, -0.05) is 38.6 Å². The van der Waals surface area contributed by atoms with Gasteiger partial charge in [0, 0.05) is 17.7 Å². The van der Waals surface area contributed by atoms with Crippen LogP contribution in [0.15, 0.2) is 41.2 Å². The third-order valence-electron chi connectivity index (χ3n) is 7.60. The summed E-state index contributed by atoms with van der Waals surface area (Å²) >= 11 is 0. The highest BCUT2D eigenvalue weighted by Crippen LogP contribution is 2.44. The van der Waals surface area contributed by atoms with Gasteiger partial charge in [-0.25, -0.2) is 8.42 Å². The van der Waals surface area contributed by atoms with Crippen molar-refractivity contribution in [3.05, 3.63) is 58.7 Å². The number of allylic oxidation sites excluding steroid dienone is 3. The second-order valence-electron chi connectivity index (χ2n) is 10.9. The molecule has 8 heteroatoms. The summed E-state index contributed by atoms with van der Waals surface area (Å²) in [5.41, 5.74) is 2.46. The fourth-order valence-corrected chi connectivity index (χ4v) is 7.06. The zero-order valence-electron chi connectivity index (χ0n) is 20.8. The topological polar surface area (TPSA) is 100 Å². The van der Waals surface area contributed by atoms with Gasteiger partial charge in [-0.2, -0.15) is 0 Å². The summed E-state index contributed by atoms with van der Waals surface area (Å²) in [6.45, 7) is 14.9. The van der Waals surface area contributed by atoms with E-state index in [9.17, 15) is 18.3 Å². The molecule has 0 radical (unpaired) electrons. The Labute approximate surface area is 207 Å². The van der Waals surface area contributed by atoms with Gasteiger partial charge in [0.15, 0.2) is 15.5 Å². The minimum absolute atomic E-state index is 0.138. The number of rotatable bonds is 4.